The fourth-order valence-corrected chi connectivity index (χ4v) is 5.58. The highest BCUT2D eigenvalue weighted by molar-refractivity contribution is 6.34. The first-order chi connectivity index (χ1) is 16.7. The molecule has 5 nitrogen and oxygen atoms in total. The standard InChI is InChI=1S/C27H32ClF2N3O2/c1-17-4-7-23(29)24(25(17)30)27(35)33-14-10-19(11-15-33)18-8-12-32(13-9-18)20-5-6-21(22(28)16-20)26(34)31(2)3/h4-7,16,18-19H,8-15H2,1-3H3. The van der Waals surface area contributed by atoms with Gasteiger partial charge in [0.15, 0.2) is 0 Å². The van der Waals surface area contributed by atoms with E-state index in [4.69, 9.17) is 11.6 Å². The number of benzene rings is 2. The van der Waals surface area contributed by atoms with E-state index in [1.165, 1.54) is 17.9 Å². The molecule has 0 aromatic heterocycles. The van der Waals surface area contributed by atoms with Crippen LogP contribution in [0.3, 0.4) is 0 Å². The monoisotopic (exact) mass is 503 g/mol. The minimum absolute atomic E-state index is 0.113. The average Bonchev–Trinajstić information content (AvgIpc) is 2.86. The third-order valence-electron chi connectivity index (χ3n) is 7.49. The van der Waals surface area contributed by atoms with Crippen LogP contribution in [0, 0.1) is 30.4 Å². The van der Waals surface area contributed by atoms with Crippen molar-refractivity contribution < 1.29 is 18.4 Å². The zero-order valence-electron chi connectivity index (χ0n) is 20.5. The van der Waals surface area contributed by atoms with E-state index in [1.807, 2.05) is 12.1 Å². The van der Waals surface area contributed by atoms with Gasteiger partial charge in [-0.1, -0.05) is 17.7 Å². The Hall–Kier alpha value is -2.67. The number of hydrogen-bond acceptors (Lipinski definition) is 3. The number of aryl methyl sites for hydroxylation is 1. The van der Waals surface area contributed by atoms with Gasteiger partial charge >= 0.3 is 0 Å². The van der Waals surface area contributed by atoms with Crippen LogP contribution in [-0.4, -0.2) is 61.9 Å². The Labute approximate surface area is 210 Å². The average molecular weight is 504 g/mol. The van der Waals surface area contributed by atoms with Crippen molar-refractivity contribution in [3.8, 4) is 0 Å². The highest BCUT2D eigenvalue weighted by Gasteiger charge is 2.33. The fourth-order valence-electron chi connectivity index (χ4n) is 5.33. The molecule has 2 aromatic carbocycles. The van der Waals surface area contributed by atoms with Gasteiger partial charge in [-0.25, -0.2) is 8.78 Å². The molecule has 2 aliphatic rings. The van der Waals surface area contributed by atoms with Gasteiger partial charge in [0.1, 0.15) is 17.2 Å². The summed E-state index contributed by atoms with van der Waals surface area (Å²) in [5.74, 6) is -1.17. The summed E-state index contributed by atoms with van der Waals surface area (Å²) < 4.78 is 28.6. The summed E-state index contributed by atoms with van der Waals surface area (Å²) >= 11 is 6.40. The van der Waals surface area contributed by atoms with Crippen LogP contribution in [0.1, 0.15) is 52.0 Å². The third kappa shape index (κ3) is 5.30. The highest BCUT2D eigenvalue weighted by Crippen LogP contribution is 2.35. The molecule has 8 heteroatoms. The van der Waals surface area contributed by atoms with E-state index in [0.29, 0.717) is 35.5 Å². The van der Waals surface area contributed by atoms with Gasteiger partial charge < -0.3 is 14.7 Å². The second-order valence-corrected chi connectivity index (χ2v) is 10.3. The first-order valence-corrected chi connectivity index (χ1v) is 12.5. The van der Waals surface area contributed by atoms with E-state index >= 15 is 0 Å². The maximum atomic E-state index is 14.4. The number of hydrogen-bond donors (Lipinski definition) is 0. The molecule has 35 heavy (non-hydrogen) atoms. The Bertz CT molecular complexity index is 1110. The molecule has 0 saturated carbocycles. The number of halogens is 3. The van der Waals surface area contributed by atoms with Crippen molar-refractivity contribution in [2.45, 2.75) is 32.6 Å². The first-order valence-electron chi connectivity index (χ1n) is 12.2. The summed E-state index contributed by atoms with van der Waals surface area (Å²) in [6, 6.07) is 8.13. The molecule has 2 fully saturated rings. The number of rotatable bonds is 4. The van der Waals surface area contributed by atoms with E-state index in [-0.39, 0.29) is 11.5 Å². The largest absolute Gasteiger partial charge is 0.371 e. The van der Waals surface area contributed by atoms with Crippen LogP contribution < -0.4 is 4.90 Å². The summed E-state index contributed by atoms with van der Waals surface area (Å²) in [7, 11) is 3.41. The number of nitrogens with zero attached hydrogens (tertiary/aromatic N) is 3. The number of amides is 2. The molecule has 188 valence electrons. The van der Waals surface area contributed by atoms with Crippen LogP contribution in [0.4, 0.5) is 14.5 Å². The second-order valence-electron chi connectivity index (χ2n) is 9.87. The van der Waals surface area contributed by atoms with Crippen LogP contribution >= 0.6 is 11.6 Å². The Morgan fingerprint density at radius 2 is 1.54 bits per heavy atom. The van der Waals surface area contributed by atoms with Crippen LogP contribution in [0.5, 0.6) is 0 Å². The molecule has 4 rings (SSSR count). The molecule has 0 unspecified atom stereocenters. The number of carbonyl (C=O) groups is 2. The molecule has 2 saturated heterocycles. The van der Waals surface area contributed by atoms with Gasteiger partial charge in [0.25, 0.3) is 11.8 Å². The summed E-state index contributed by atoms with van der Waals surface area (Å²) in [4.78, 5) is 30.4. The van der Waals surface area contributed by atoms with Crippen LogP contribution in [-0.2, 0) is 0 Å². The number of anilines is 1. The zero-order chi connectivity index (χ0) is 25.3. The predicted molar refractivity (Wildman–Crippen MR) is 134 cm³/mol. The topological polar surface area (TPSA) is 43.9 Å². The van der Waals surface area contributed by atoms with Gasteiger partial charge in [0.05, 0.1) is 10.6 Å². The normalized spacial score (nSPS) is 17.5. The van der Waals surface area contributed by atoms with Crippen LogP contribution in [0.15, 0.2) is 30.3 Å². The maximum absolute atomic E-state index is 14.4. The molecule has 0 atom stereocenters. The first kappa shape index (κ1) is 25.4. The van der Waals surface area contributed by atoms with Crippen molar-refractivity contribution >= 4 is 29.1 Å². The lowest BCUT2D eigenvalue weighted by Crippen LogP contribution is -2.43. The Morgan fingerprint density at radius 1 is 0.943 bits per heavy atom. The molecular weight excluding hydrogens is 472 g/mol. The van der Waals surface area contributed by atoms with Crippen LogP contribution in [0.2, 0.25) is 5.02 Å². The minimum Gasteiger partial charge on any atom is -0.371 e. The molecule has 2 aromatic rings. The lowest BCUT2D eigenvalue weighted by Gasteiger charge is -2.41. The van der Waals surface area contributed by atoms with Gasteiger partial charge in [-0.15, -0.1) is 0 Å². The van der Waals surface area contributed by atoms with E-state index in [2.05, 4.69) is 4.90 Å². The van der Waals surface area contributed by atoms with E-state index in [0.717, 1.165) is 50.5 Å². The Balaban J connectivity index is 1.31. The summed E-state index contributed by atoms with van der Waals surface area (Å²) in [5.41, 5.74) is 1.36. The van der Waals surface area contributed by atoms with Gasteiger partial charge in [0, 0.05) is 46.0 Å². The molecule has 0 bridgehead atoms. The molecule has 0 N–H and O–H groups in total. The lowest BCUT2D eigenvalue weighted by molar-refractivity contribution is 0.0635. The predicted octanol–water partition coefficient (Wildman–Crippen LogP) is 5.40. The number of piperidine rings is 2. The van der Waals surface area contributed by atoms with Crippen molar-refractivity contribution in [3.63, 3.8) is 0 Å². The van der Waals surface area contributed by atoms with E-state index in [1.54, 1.807) is 25.1 Å². The van der Waals surface area contributed by atoms with Gasteiger partial charge in [0.2, 0.25) is 0 Å². The minimum atomic E-state index is -0.799. The Kier molecular flexibility index (Phi) is 7.64. The van der Waals surface area contributed by atoms with Crippen molar-refractivity contribution in [2.24, 2.45) is 11.8 Å². The number of likely N-dealkylation sites (tertiary alicyclic amines) is 1. The van der Waals surface area contributed by atoms with Gasteiger partial charge in [-0.3, -0.25) is 9.59 Å². The molecule has 2 amide bonds. The van der Waals surface area contributed by atoms with Crippen LogP contribution in [0.25, 0.3) is 0 Å². The lowest BCUT2D eigenvalue weighted by atomic mass is 9.78. The van der Waals surface area contributed by atoms with Gasteiger partial charge in [-0.05, 0) is 74.3 Å². The highest BCUT2D eigenvalue weighted by atomic mass is 35.5. The molecule has 0 aliphatic carbocycles. The van der Waals surface area contributed by atoms with Gasteiger partial charge in [-0.2, -0.15) is 0 Å². The molecule has 0 radical (unpaired) electrons. The van der Waals surface area contributed by atoms with Crippen molar-refractivity contribution in [1.82, 2.24) is 9.80 Å². The SMILES string of the molecule is Cc1ccc(F)c(C(=O)N2CCC(C3CCN(c4ccc(C(=O)N(C)C)c(Cl)c4)CC3)CC2)c1F. The second kappa shape index (κ2) is 10.5. The summed E-state index contributed by atoms with van der Waals surface area (Å²) in [5, 5.41) is 0.460. The fraction of sp³-hybridized carbons (Fsp3) is 0.481. The maximum Gasteiger partial charge on any atom is 0.259 e. The molecular formula is C27H32ClF2N3O2. The molecule has 2 aliphatic heterocycles. The number of carbonyl (C=O) groups excluding carboxylic acids is 2. The summed E-state index contributed by atoms with van der Waals surface area (Å²) in [6.45, 7) is 4.39. The van der Waals surface area contributed by atoms with E-state index < -0.39 is 23.1 Å². The zero-order valence-corrected chi connectivity index (χ0v) is 21.2. The molecule has 0 spiro atoms. The summed E-state index contributed by atoms with van der Waals surface area (Å²) in [6.07, 6.45) is 3.77. The smallest absolute Gasteiger partial charge is 0.259 e. The van der Waals surface area contributed by atoms with Crippen molar-refractivity contribution in [1.29, 1.82) is 0 Å². The Morgan fingerprint density at radius 3 is 2.11 bits per heavy atom. The van der Waals surface area contributed by atoms with Crippen molar-refractivity contribution in [2.75, 3.05) is 45.2 Å². The third-order valence-corrected chi connectivity index (χ3v) is 7.80. The molecule has 2 heterocycles. The van der Waals surface area contributed by atoms with E-state index in [9.17, 15) is 18.4 Å². The van der Waals surface area contributed by atoms with Crippen molar-refractivity contribution in [3.05, 3.63) is 63.7 Å². The quantitative estimate of drug-likeness (QED) is 0.561.